The van der Waals surface area contributed by atoms with Crippen LogP contribution < -0.4 is 10.6 Å². The molecule has 5 heteroatoms. The lowest BCUT2D eigenvalue weighted by atomic mass is 9.89. The van der Waals surface area contributed by atoms with Crippen LogP contribution in [0.1, 0.15) is 20.3 Å². The first-order valence-electron chi connectivity index (χ1n) is 6.29. The van der Waals surface area contributed by atoms with Crippen LogP contribution in [-0.2, 0) is 9.47 Å². The Hall–Kier alpha value is -0.810. The molecule has 0 spiro atoms. The first kappa shape index (κ1) is 14.3. The molecule has 0 bridgehead atoms. The minimum Gasteiger partial charge on any atom is -0.385 e. The van der Waals surface area contributed by atoms with E-state index in [1.54, 1.807) is 7.11 Å². The van der Waals surface area contributed by atoms with Crippen molar-refractivity contribution < 1.29 is 9.47 Å². The van der Waals surface area contributed by atoms with E-state index in [4.69, 9.17) is 9.47 Å². The lowest BCUT2D eigenvalue weighted by molar-refractivity contribution is -0.0945. The third-order valence-corrected chi connectivity index (χ3v) is 2.68. The summed E-state index contributed by atoms with van der Waals surface area (Å²) in [7, 11) is 1.72. The minimum atomic E-state index is 0.231. The van der Waals surface area contributed by atoms with Gasteiger partial charge in [-0.2, -0.15) is 0 Å². The molecular formula is C12H25N3O2. The van der Waals surface area contributed by atoms with Gasteiger partial charge in [-0.15, -0.1) is 0 Å². The van der Waals surface area contributed by atoms with E-state index in [0.717, 1.165) is 51.8 Å². The van der Waals surface area contributed by atoms with Crippen molar-refractivity contribution >= 4 is 5.96 Å². The third-order valence-electron chi connectivity index (χ3n) is 2.68. The Balaban J connectivity index is 2.27. The highest BCUT2D eigenvalue weighted by Gasteiger charge is 2.33. The smallest absolute Gasteiger partial charge is 0.191 e. The average Bonchev–Trinajstić information content (AvgIpc) is 2.29. The molecule has 0 unspecified atom stereocenters. The fraction of sp³-hybridized carbons (Fsp3) is 0.917. The highest BCUT2D eigenvalue weighted by molar-refractivity contribution is 5.79. The number of ether oxygens (including phenoxy) is 2. The van der Waals surface area contributed by atoms with Gasteiger partial charge in [0.1, 0.15) is 0 Å². The van der Waals surface area contributed by atoms with E-state index < -0.39 is 0 Å². The summed E-state index contributed by atoms with van der Waals surface area (Å²) in [5, 5.41) is 6.53. The van der Waals surface area contributed by atoms with E-state index in [1.807, 2.05) is 0 Å². The van der Waals surface area contributed by atoms with Crippen LogP contribution >= 0.6 is 0 Å². The molecule has 2 N–H and O–H groups in total. The summed E-state index contributed by atoms with van der Waals surface area (Å²) in [5.74, 6) is 0.886. The van der Waals surface area contributed by atoms with Crippen molar-refractivity contribution in [3.8, 4) is 0 Å². The average molecular weight is 243 g/mol. The molecule has 0 saturated carbocycles. The summed E-state index contributed by atoms with van der Waals surface area (Å²) in [6.07, 6.45) is 0.987. The molecule has 0 aromatic heterocycles. The van der Waals surface area contributed by atoms with Crippen molar-refractivity contribution in [1.82, 2.24) is 10.6 Å². The van der Waals surface area contributed by atoms with E-state index in [0.29, 0.717) is 0 Å². The summed E-state index contributed by atoms with van der Waals surface area (Å²) in [6, 6.07) is 0. The van der Waals surface area contributed by atoms with Crippen LogP contribution in [0.4, 0.5) is 0 Å². The predicted octanol–water partition coefficient (Wildman–Crippen LogP) is 0.615. The maximum Gasteiger partial charge on any atom is 0.191 e. The number of hydrogen-bond acceptors (Lipinski definition) is 3. The molecule has 1 heterocycles. The molecule has 1 aliphatic rings. The highest BCUT2D eigenvalue weighted by atomic mass is 16.5. The van der Waals surface area contributed by atoms with Crippen molar-refractivity contribution in [2.45, 2.75) is 20.3 Å². The molecule has 1 saturated heterocycles. The molecule has 17 heavy (non-hydrogen) atoms. The standard InChI is InChI=1S/C12H25N3O2/c1-4-13-11(14-6-5-7-16-3)15-8-12(2)9-17-10-12/h4-10H2,1-3H3,(H2,13,14,15). The van der Waals surface area contributed by atoms with E-state index in [9.17, 15) is 0 Å². The van der Waals surface area contributed by atoms with Gasteiger partial charge in [-0.25, -0.2) is 0 Å². The van der Waals surface area contributed by atoms with Gasteiger partial charge < -0.3 is 20.1 Å². The summed E-state index contributed by atoms with van der Waals surface area (Å²) < 4.78 is 10.2. The van der Waals surface area contributed by atoms with Crippen LogP contribution in [0.25, 0.3) is 0 Å². The minimum absolute atomic E-state index is 0.231. The zero-order valence-corrected chi connectivity index (χ0v) is 11.2. The van der Waals surface area contributed by atoms with Crippen molar-refractivity contribution in [2.24, 2.45) is 10.4 Å². The second kappa shape index (κ2) is 7.50. The molecule has 0 atom stereocenters. The Bertz CT molecular complexity index is 240. The van der Waals surface area contributed by atoms with Crippen LogP contribution in [0, 0.1) is 5.41 Å². The Labute approximate surface area is 104 Å². The molecule has 0 aromatic rings. The van der Waals surface area contributed by atoms with Gasteiger partial charge in [0, 0.05) is 32.2 Å². The van der Waals surface area contributed by atoms with Crippen LogP contribution in [0.5, 0.6) is 0 Å². The van der Waals surface area contributed by atoms with Gasteiger partial charge in [0.15, 0.2) is 5.96 Å². The van der Waals surface area contributed by atoms with Crippen molar-refractivity contribution in [3.05, 3.63) is 0 Å². The molecule has 5 nitrogen and oxygen atoms in total. The quantitative estimate of drug-likeness (QED) is 0.391. The molecule has 0 radical (unpaired) electrons. The lowest BCUT2D eigenvalue weighted by Gasteiger charge is -2.36. The van der Waals surface area contributed by atoms with E-state index in [1.165, 1.54) is 0 Å². The monoisotopic (exact) mass is 243 g/mol. The van der Waals surface area contributed by atoms with Crippen molar-refractivity contribution in [2.75, 3.05) is 46.6 Å². The molecular weight excluding hydrogens is 218 g/mol. The number of nitrogens with zero attached hydrogens (tertiary/aromatic N) is 1. The molecule has 100 valence electrons. The van der Waals surface area contributed by atoms with Gasteiger partial charge in [0.05, 0.1) is 19.8 Å². The van der Waals surface area contributed by atoms with Gasteiger partial charge in [-0.05, 0) is 13.3 Å². The van der Waals surface area contributed by atoms with E-state index in [2.05, 4.69) is 29.5 Å². The van der Waals surface area contributed by atoms with Crippen molar-refractivity contribution in [1.29, 1.82) is 0 Å². The second-order valence-electron chi connectivity index (χ2n) is 4.77. The maximum atomic E-state index is 5.22. The fourth-order valence-corrected chi connectivity index (χ4v) is 1.58. The Morgan fingerprint density at radius 2 is 2.18 bits per heavy atom. The van der Waals surface area contributed by atoms with Crippen molar-refractivity contribution in [3.63, 3.8) is 0 Å². The third kappa shape index (κ3) is 5.37. The normalized spacial score (nSPS) is 18.6. The molecule has 1 aliphatic heterocycles. The predicted molar refractivity (Wildman–Crippen MR) is 69.4 cm³/mol. The molecule has 1 rings (SSSR count). The first-order valence-corrected chi connectivity index (χ1v) is 6.29. The van der Waals surface area contributed by atoms with E-state index >= 15 is 0 Å². The fourth-order valence-electron chi connectivity index (χ4n) is 1.58. The molecule has 1 fully saturated rings. The maximum absolute atomic E-state index is 5.22. The van der Waals surface area contributed by atoms with Crippen LogP contribution in [0.15, 0.2) is 4.99 Å². The van der Waals surface area contributed by atoms with Crippen LogP contribution in [0.3, 0.4) is 0 Å². The van der Waals surface area contributed by atoms with Gasteiger partial charge in [-0.3, -0.25) is 4.99 Å². The Kier molecular flexibility index (Phi) is 6.29. The summed E-state index contributed by atoms with van der Waals surface area (Å²) >= 11 is 0. The van der Waals surface area contributed by atoms with Gasteiger partial charge >= 0.3 is 0 Å². The van der Waals surface area contributed by atoms with Gasteiger partial charge in [-0.1, -0.05) is 6.92 Å². The molecule has 0 aliphatic carbocycles. The van der Waals surface area contributed by atoms with Crippen LogP contribution in [0.2, 0.25) is 0 Å². The first-order chi connectivity index (χ1) is 8.20. The number of aliphatic imine (C=N–C) groups is 1. The lowest BCUT2D eigenvalue weighted by Crippen LogP contribution is -2.44. The van der Waals surface area contributed by atoms with Crippen LogP contribution in [-0.4, -0.2) is 52.5 Å². The zero-order chi connectivity index (χ0) is 12.6. The number of rotatable bonds is 7. The Morgan fingerprint density at radius 1 is 1.41 bits per heavy atom. The largest absolute Gasteiger partial charge is 0.385 e. The number of guanidine groups is 1. The van der Waals surface area contributed by atoms with Gasteiger partial charge in [0.2, 0.25) is 0 Å². The number of nitrogens with one attached hydrogen (secondary N) is 2. The Morgan fingerprint density at radius 3 is 2.71 bits per heavy atom. The molecule has 0 aromatic carbocycles. The van der Waals surface area contributed by atoms with Gasteiger partial charge in [0.25, 0.3) is 0 Å². The zero-order valence-electron chi connectivity index (χ0n) is 11.2. The number of hydrogen-bond donors (Lipinski definition) is 2. The highest BCUT2D eigenvalue weighted by Crippen LogP contribution is 2.26. The molecule has 0 amide bonds. The summed E-state index contributed by atoms with van der Waals surface area (Å²) in [5.41, 5.74) is 0.231. The number of methoxy groups -OCH3 is 1. The SMILES string of the molecule is CCNC(=NCC1(C)COC1)NCCCOC. The summed E-state index contributed by atoms with van der Waals surface area (Å²) in [4.78, 5) is 4.58. The topological polar surface area (TPSA) is 54.9 Å². The van der Waals surface area contributed by atoms with E-state index in [-0.39, 0.29) is 5.41 Å². The second-order valence-corrected chi connectivity index (χ2v) is 4.77. The summed E-state index contributed by atoms with van der Waals surface area (Å²) in [6.45, 7) is 9.26.